The summed E-state index contributed by atoms with van der Waals surface area (Å²) in [5.74, 6) is 0.176. The Hall–Kier alpha value is -1.88. The molecular formula is C15H17N3O2. The van der Waals surface area contributed by atoms with Crippen LogP contribution >= 0.6 is 0 Å². The van der Waals surface area contributed by atoms with Crippen molar-refractivity contribution in [1.29, 1.82) is 0 Å². The summed E-state index contributed by atoms with van der Waals surface area (Å²) in [5, 5.41) is 0. The summed E-state index contributed by atoms with van der Waals surface area (Å²) in [5.41, 5.74) is 1.41. The molecule has 20 heavy (non-hydrogen) atoms. The quantitative estimate of drug-likeness (QED) is 0.772. The first-order valence-electron chi connectivity index (χ1n) is 7.23. The van der Waals surface area contributed by atoms with Gasteiger partial charge in [-0.2, -0.15) is 0 Å². The van der Waals surface area contributed by atoms with Crippen LogP contribution in [0.3, 0.4) is 0 Å². The van der Waals surface area contributed by atoms with Gasteiger partial charge in [-0.1, -0.05) is 12.1 Å². The van der Waals surface area contributed by atoms with E-state index in [1.165, 1.54) is 0 Å². The zero-order valence-electron chi connectivity index (χ0n) is 11.5. The molecule has 4 rings (SSSR count). The Labute approximate surface area is 117 Å². The van der Waals surface area contributed by atoms with Gasteiger partial charge in [0, 0.05) is 13.1 Å². The maximum absolute atomic E-state index is 12.7. The first-order chi connectivity index (χ1) is 9.74. The monoisotopic (exact) mass is 271 g/mol. The summed E-state index contributed by atoms with van der Waals surface area (Å²) in [6.45, 7) is 3.48. The van der Waals surface area contributed by atoms with E-state index >= 15 is 0 Å². The van der Waals surface area contributed by atoms with Gasteiger partial charge >= 0.3 is 0 Å². The van der Waals surface area contributed by atoms with E-state index in [1.807, 2.05) is 41.0 Å². The highest BCUT2D eigenvalue weighted by molar-refractivity contribution is 6.10. The van der Waals surface area contributed by atoms with Crippen LogP contribution in [0.15, 0.2) is 24.3 Å². The maximum atomic E-state index is 12.7. The van der Waals surface area contributed by atoms with E-state index in [4.69, 9.17) is 0 Å². The molecule has 0 bridgehead atoms. The number of hydrogen-bond donors (Lipinski definition) is 0. The molecule has 0 unspecified atom stereocenters. The van der Waals surface area contributed by atoms with E-state index in [-0.39, 0.29) is 24.1 Å². The Morgan fingerprint density at radius 1 is 1.25 bits per heavy atom. The number of carbonyl (C=O) groups excluding carboxylic acids is 2. The third-order valence-electron chi connectivity index (χ3n) is 4.62. The smallest absolute Gasteiger partial charge is 0.258 e. The molecule has 0 N–H and O–H groups in total. The lowest BCUT2D eigenvalue weighted by Gasteiger charge is -2.42. The average molecular weight is 271 g/mol. The first-order valence-corrected chi connectivity index (χ1v) is 7.23. The number of nitrogens with zero attached hydrogens (tertiary/aromatic N) is 3. The van der Waals surface area contributed by atoms with Gasteiger partial charge < -0.3 is 4.90 Å². The molecule has 2 atom stereocenters. The maximum Gasteiger partial charge on any atom is 0.258 e. The van der Waals surface area contributed by atoms with E-state index in [9.17, 15) is 9.59 Å². The van der Waals surface area contributed by atoms with E-state index in [2.05, 4.69) is 4.90 Å². The summed E-state index contributed by atoms with van der Waals surface area (Å²) < 4.78 is 0. The summed E-state index contributed by atoms with van der Waals surface area (Å²) >= 11 is 0. The van der Waals surface area contributed by atoms with Crippen LogP contribution in [0.25, 0.3) is 0 Å². The molecule has 5 nitrogen and oxygen atoms in total. The number of para-hydroxylation sites is 1. The molecule has 2 amide bonds. The van der Waals surface area contributed by atoms with E-state index < -0.39 is 0 Å². The molecule has 0 aromatic heterocycles. The molecule has 2 saturated heterocycles. The van der Waals surface area contributed by atoms with Crippen LogP contribution in [0, 0.1) is 0 Å². The zero-order valence-corrected chi connectivity index (χ0v) is 11.5. The summed E-state index contributed by atoms with van der Waals surface area (Å²) in [6.07, 6.45) is 1.72. The highest BCUT2D eigenvalue weighted by atomic mass is 16.2. The number of fused-ring (bicyclic) bond motifs is 5. The second-order valence-electron chi connectivity index (χ2n) is 5.56. The number of amides is 2. The third-order valence-corrected chi connectivity index (χ3v) is 4.62. The Balaban J connectivity index is 1.90. The van der Waals surface area contributed by atoms with Gasteiger partial charge in [0.1, 0.15) is 0 Å². The fourth-order valence-corrected chi connectivity index (χ4v) is 3.75. The van der Waals surface area contributed by atoms with Crippen LogP contribution in [-0.4, -0.2) is 47.0 Å². The fraction of sp³-hybridized carbons (Fsp3) is 0.467. The van der Waals surface area contributed by atoms with Gasteiger partial charge in [-0.15, -0.1) is 0 Å². The molecule has 2 fully saturated rings. The van der Waals surface area contributed by atoms with Crippen molar-refractivity contribution in [3.05, 3.63) is 29.8 Å². The van der Waals surface area contributed by atoms with Gasteiger partial charge in [0.2, 0.25) is 5.91 Å². The molecular weight excluding hydrogens is 254 g/mol. The standard InChI is InChI=1S/C15H17N3O2/c1-2-16-13(19)10-6-3-4-7-11(10)18-14(20)12-8-5-9-17(12)15(16)18/h3-4,6-7,12,15H,2,5,8-9H2,1H3/t12-,15+/m1/s1. The molecule has 0 saturated carbocycles. The van der Waals surface area contributed by atoms with Crippen molar-refractivity contribution in [2.24, 2.45) is 0 Å². The second kappa shape index (κ2) is 4.06. The molecule has 0 radical (unpaired) electrons. The van der Waals surface area contributed by atoms with Crippen molar-refractivity contribution in [3.63, 3.8) is 0 Å². The van der Waals surface area contributed by atoms with Crippen LogP contribution < -0.4 is 4.90 Å². The van der Waals surface area contributed by atoms with E-state index in [0.29, 0.717) is 12.1 Å². The SMILES string of the molecule is CCN1C(=O)c2ccccc2N2C(=O)[C@H]3CCCN3[C@H]12. The van der Waals surface area contributed by atoms with Crippen LogP contribution in [0.1, 0.15) is 30.1 Å². The van der Waals surface area contributed by atoms with Gasteiger partial charge in [0.25, 0.3) is 5.91 Å². The lowest BCUT2D eigenvalue weighted by molar-refractivity contribution is -0.119. The van der Waals surface area contributed by atoms with Gasteiger partial charge in [0.15, 0.2) is 6.29 Å². The Kier molecular flexibility index (Phi) is 2.41. The van der Waals surface area contributed by atoms with Crippen LogP contribution in [-0.2, 0) is 4.79 Å². The molecule has 1 aromatic rings. The third kappa shape index (κ3) is 1.31. The van der Waals surface area contributed by atoms with Crippen molar-refractivity contribution in [3.8, 4) is 0 Å². The van der Waals surface area contributed by atoms with Gasteiger partial charge in [0.05, 0.1) is 17.3 Å². The van der Waals surface area contributed by atoms with Crippen molar-refractivity contribution >= 4 is 17.5 Å². The molecule has 0 aliphatic carbocycles. The topological polar surface area (TPSA) is 43.9 Å². The number of carbonyl (C=O) groups is 2. The van der Waals surface area contributed by atoms with Crippen molar-refractivity contribution in [2.45, 2.75) is 32.1 Å². The van der Waals surface area contributed by atoms with Crippen molar-refractivity contribution in [2.75, 3.05) is 18.0 Å². The minimum Gasteiger partial charge on any atom is -0.305 e. The molecule has 5 heteroatoms. The molecule has 0 spiro atoms. The predicted molar refractivity (Wildman–Crippen MR) is 74.2 cm³/mol. The first kappa shape index (κ1) is 11.9. The number of benzene rings is 1. The lowest BCUT2D eigenvalue weighted by Crippen LogP contribution is -2.58. The summed E-state index contributed by atoms with van der Waals surface area (Å²) in [7, 11) is 0. The fourth-order valence-electron chi connectivity index (χ4n) is 3.75. The van der Waals surface area contributed by atoms with Gasteiger partial charge in [-0.25, -0.2) is 0 Å². The Morgan fingerprint density at radius 3 is 2.85 bits per heavy atom. The number of hydrogen-bond acceptors (Lipinski definition) is 3. The van der Waals surface area contributed by atoms with Gasteiger partial charge in [-0.05, 0) is 31.9 Å². The summed E-state index contributed by atoms with van der Waals surface area (Å²) in [4.78, 5) is 31.2. The lowest BCUT2D eigenvalue weighted by atomic mass is 10.1. The normalized spacial score (nSPS) is 28.6. The average Bonchev–Trinajstić information content (AvgIpc) is 3.04. The number of anilines is 1. The Bertz CT molecular complexity index is 601. The van der Waals surface area contributed by atoms with Gasteiger partial charge in [-0.3, -0.25) is 19.4 Å². The van der Waals surface area contributed by atoms with Crippen LogP contribution in [0.2, 0.25) is 0 Å². The molecule has 104 valence electrons. The largest absolute Gasteiger partial charge is 0.305 e. The van der Waals surface area contributed by atoms with Crippen molar-refractivity contribution in [1.82, 2.24) is 9.80 Å². The Morgan fingerprint density at radius 2 is 2.05 bits per heavy atom. The minimum absolute atomic E-state index is 0.0321. The van der Waals surface area contributed by atoms with E-state index in [0.717, 1.165) is 25.1 Å². The number of rotatable bonds is 1. The highest BCUT2D eigenvalue weighted by Gasteiger charge is 2.54. The molecule has 3 aliphatic rings. The van der Waals surface area contributed by atoms with Crippen molar-refractivity contribution < 1.29 is 9.59 Å². The molecule has 3 heterocycles. The predicted octanol–water partition coefficient (Wildman–Crippen LogP) is 1.26. The molecule has 1 aromatic carbocycles. The van der Waals surface area contributed by atoms with Crippen LogP contribution in [0.4, 0.5) is 5.69 Å². The van der Waals surface area contributed by atoms with Crippen LogP contribution in [0.5, 0.6) is 0 Å². The molecule has 3 aliphatic heterocycles. The summed E-state index contributed by atoms with van der Waals surface area (Å²) in [6, 6.07) is 7.39. The highest BCUT2D eigenvalue weighted by Crippen LogP contribution is 2.40. The van der Waals surface area contributed by atoms with E-state index in [1.54, 1.807) is 0 Å². The second-order valence-corrected chi connectivity index (χ2v) is 5.56. The zero-order chi connectivity index (χ0) is 13.9. The minimum atomic E-state index is -0.220.